The number of rotatable bonds is 12. The number of esters is 1. The second-order valence-corrected chi connectivity index (χ2v) is 10.3. The van der Waals surface area contributed by atoms with Crippen molar-refractivity contribution in [1.82, 2.24) is 15.5 Å². The molecular formula is C28H34BrN3O5S. The maximum Gasteiger partial charge on any atom is 0.308 e. The van der Waals surface area contributed by atoms with Gasteiger partial charge in [-0.1, -0.05) is 72.4 Å². The van der Waals surface area contributed by atoms with Gasteiger partial charge in [0.15, 0.2) is 5.11 Å². The van der Waals surface area contributed by atoms with Crippen molar-refractivity contribution in [1.29, 1.82) is 0 Å². The predicted octanol–water partition coefficient (Wildman–Crippen LogP) is 4.40. The van der Waals surface area contributed by atoms with Crippen LogP contribution in [-0.2, 0) is 20.7 Å². The van der Waals surface area contributed by atoms with Crippen molar-refractivity contribution in [2.24, 2.45) is 0 Å². The first-order valence-corrected chi connectivity index (χ1v) is 14.1. The van der Waals surface area contributed by atoms with Crippen LogP contribution in [0, 0.1) is 0 Å². The first kappa shape index (κ1) is 29.6. The number of thiocarbonyl (C=S) groups is 1. The molecule has 1 saturated heterocycles. The lowest BCUT2D eigenvalue weighted by atomic mass is 10.1. The molecule has 2 amide bonds. The molecule has 0 bridgehead atoms. The van der Waals surface area contributed by atoms with E-state index in [1.54, 1.807) is 17.0 Å². The van der Waals surface area contributed by atoms with E-state index in [2.05, 4.69) is 33.5 Å². The van der Waals surface area contributed by atoms with Crippen LogP contribution in [0.5, 0.6) is 5.75 Å². The van der Waals surface area contributed by atoms with Crippen LogP contribution < -0.4 is 15.4 Å². The molecule has 1 aliphatic heterocycles. The minimum absolute atomic E-state index is 0.0702. The van der Waals surface area contributed by atoms with Gasteiger partial charge in [-0.3, -0.25) is 19.7 Å². The fraction of sp³-hybridized carbons (Fsp3) is 0.429. The molecule has 2 N–H and O–H groups in total. The van der Waals surface area contributed by atoms with E-state index in [1.807, 2.05) is 36.4 Å². The Labute approximate surface area is 237 Å². The largest absolute Gasteiger partial charge is 0.493 e. The van der Waals surface area contributed by atoms with E-state index in [1.165, 1.54) is 0 Å². The summed E-state index contributed by atoms with van der Waals surface area (Å²) in [5.41, 5.74) is 1.38. The summed E-state index contributed by atoms with van der Waals surface area (Å²) in [5, 5.41) is 5.54. The topological polar surface area (TPSA) is 97.0 Å². The summed E-state index contributed by atoms with van der Waals surface area (Å²) in [7, 11) is 0. The van der Waals surface area contributed by atoms with Gasteiger partial charge in [-0.15, -0.1) is 0 Å². The number of unbranched alkanes of at least 4 members (excludes halogenated alkanes) is 3. The number of nitrogens with one attached hydrogen (secondary N) is 2. The zero-order chi connectivity index (χ0) is 27.3. The molecule has 1 unspecified atom stereocenters. The Morgan fingerprint density at radius 1 is 1.13 bits per heavy atom. The van der Waals surface area contributed by atoms with Gasteiger partial charge < -0.3 is 19.7 Å². The summed E-state index contributed by atoms with van der Waals surface area (Å²) in [5.74, 6) is -0.839. The molecule has 0 saturated carbocycles. The number of amides is 2. The zero-order valence-corrected chi connectivity index (χ0v) is 23.9. The number of ether oxygens (including phenoxy) is 2. The Bertz CT molecular complexity index is 1110. The van der Waals surface area contributed by atoms with Crippen molar-refractivity contribution in [2.45, 2.75) is 51.5 Å². The fourth-order valence-corrected chi connectivity index (χ4v) is 4.73. The second kappa shape index (κ2) is 15.4. The second-order valence-electron chi connectivity index (χ2n) is 8.97. The van der Waals surface area contributed by atoms with Crippen LogP contribution in [0.4, 0.5) is 0 Å². The van der Waals surface area contributed by atoms with Crippen molar-refractivity contribution >= 4 is 51.0 Å². The number of benzene rings is 2. The Morgan fingerprint density at radius 2 is 1.92 bits per heavy atom. The van der Waals surface area contributed by atoms with E-state index >= 15 is 0 Å². The summed E-state index contributed by atoms with van der Waals surface area (Å²) >= 11 is 8.91. The number of hydrogen-bond acceptors (Lipinski definition) is 6. The van der Waals surface area contributed by atoms with Crippen LogP contribution in [0.3, 0.4) is 0 Å². The third kappa shape index (κ3) is 9.09. The van der Waals surface area contributed by atoms with Crippen molar-refractivity contribution in [3.63, 3.8) is 0 Å². The average molecular weight is 605 g/mol. The van der Waals surface area contributed by atoms with Gasteiger partial charge in [0.1, 0.15) is 11.8 Å². The Balaban J connectivity index is 1.59. The molecule has 2 aromatic carbocycles. The highest BCUT2D eigenvalue weighted by Gasteiger charge is 2.34. The molecule has 10 heteroatoms. The van der Waals surface area contributed by atoms with Crippen LogP contribution in [0.15, 0.2) is 53.0 Å². The number of hydrogen-bond donors (Lipinski definition) is 2. The van der Waals surface area contributed by atoms with Crippen molar-refractivity contribution in [3.05, 3.63) is 64.1 Å². The third-order valence-electron chi connectivity index (χ3n) is 6.11. The van der Waals surface area contributed by atoms with Crippen molar-refractivity contribution in [3.8, 4) is 5.75 Å². The van der Waals surface area contributed by atoms with E-state index in [-0.39, 0.29) is 24.0 Å². The maximum atomic E-state index is 13.2. The highest BCUT2D eigenvalue weighted by molar-refractivity contribution is 9.10. The highest BCUT2D eigenvalue weighted by atomic mass is 79.9. The molecule has 1 aliphatic rings. The van der Waals surface area contributed by atoms with E-state index in [4.69, 9.17) is 21.7 Å². The molecule has 204 valence electrons. The lowest BCUT2D eigenvalue weighted by Crippen LogP contribution is -2.60. The molecule has 8 nitrogen and oxygen atoms in total. The molecule has 38 heavy (non-hydrogen) atoms. The van der Waals surface area contributed by atoms with Gasteiger partial charge in [-0.25, -0.2) is 0 Å². The molecule has 0 spiro atoms. The summed E-state index contributed by atoms with van der Waals surface area (Å²) in [6.07, 6.45) is 4.62. The minimum atomic E-state index is -0.877. The van der Waals surface area contributed by atoms with E-state index in [0.29, 0.717) is 37.4 Å². The zero-order valence-electron chi connectivity index (χ0n) is 21.5. The van der Waals surface area contributed by atoms with Gasteiger partial charge in [0.05, 0.1) is 25.2 Å². The molecule has 1 atom stereocenters. The first-order chi connectivity index (χ1) is 18.4. The number of halogens is 1. The third-order valence-corrected chi connectivity index (χ3v) is 6.94. The summed E-state index contributed by atoms with van der Waals surface area (Å²) in [6.45, 7) is 3.56. The van der Waals surface area contributed by atoms with Gasteiger partial charge >= 0.3 is 5.97 Å². The molecule has 2 aromatic rings. The Hall–Kier alpha value is -2.98. The minimum Gasteiger partial charge on any atom is -0.493 e. The standard InChI is InChI=1S/C28H34BrN3O5S/c1-2-3-4-8-16-36-24-12-11-21(29)18-22(24)26(34)31-28(38)32-15-14-30-27(35)23(32)19-25(33)37-17-13-20-9-6-5-7-10-20/h5-7,9-12,18,23H,2-4,8,13-17,19H2,1H3,(H,30,35)(H,31,34,38). The van der Waals surface area contributed by atoms with Crippen molar-refractivity contribution in [2.75, 3.05) is 26.3 Å². The average Bonchev–Trinajstić information content (AvgIpc) is 2.91. The van der Waals surface area contributed by atoms with Crippen LogP contribution in [0.1, 0.15) is 54.9 Å². The van der Waals surface area contributed by atoms with Gasteiger partial charge in [0.25, 0.3) is 5.91 Å². The molecule has 1 heterocycles. The SMILES string of the molecule is CCCCCCOc1ccc(Br)cc1C(=O)NC(=S)N1CCNC(=O)C1CC(=O)OCCc1ccccc1. The summed E-state index contributed by atoms with van der Waals surface area (Å²) < 4.78 is 12.0. The maximum absolute atomic E-state index is 13.2. The van der Waals surface area contributed by atoms with Gasteiger partial charge in [-0.2, -0.15) is 0 Å². The van der Waals surface area contributed by atoms with E-state index < -0.39 is 17.9 Å². The predicted molar refractivity (Wildman–Crippen MR) is 153 cm³/mol. The molecule has 0 aliphatic carbocycles. The first-order valence-electron chi connectivity index (χ1n) is 12.9. The van der Waals surface area contributed by atoms with Gasteiger partial charge in [0.2, 0.25) is 5.91 Å². The number of carbonyl (C=O) groups is 3. The van der Waals surface area contributed by atoms with Crippen LogP contribution in [0.2, 0.25) is 0 Å². The van der Waals surface area contributed by atoms with Gasteiger partial charge in [0, 0.05) is 24.0 Å². The quantitative estimate of drug-likeness (QED) is 0.211. The summed E-state index contributed by atoms with van der Waals surface area (Å²) in [4.78, 5) is 39.9. The monoisotopic (exact) mass is 603 g/mol. The van der Waals surface area contributed by atoms with Crippen LogP contribution >= 0.6 is 28.1 Å². The van der Waals surface area contributed by atoms with Crippen LogP contribution in [0.25, 0.3) is 0 Å². The Kier molecular flexibility index (Phi) is 12.0. The Morgan fingerprint density at radius 3 is 2.68 bits per heavy atom. The molecular weight excluding hydrogens is 570 g/mol. The highest BCUT2D eigenvalue weighted by Crippen LogP contribution is 2.24. The lowest BCUT2D eigenvalue weighted by Gasteiger charge is -2.36. The van der Waals surface area contributed by atoms with E-state index in [9.17, 15) is 14.4 Å². The van der Waals surface area contributed by atoms with Crippen LogP contribution in [-0.4, -0.2) is 60.1 Å². The number of nitrogens with zero attached hydrogens (tertiary/aromatic N) is 1. The normalized spacial score (nSPS) is 14.9. The molecule has 0 aromatic heterocycles. The fourth-order valence-electron chi connectivity index (χ4n) is 4.06. The van der Waals surface area contributed by atoms with Gasteiger partial charge in [-0.05, 0) is 42.4 Å². The number of piperazine rings is 1. The smallest absolute Gasteiger partial charge is 0.308 e. The lowest BCUT2D eigenvalue weighted by molar-refractivity contribution is -0.147. The van der Waals surface area contributed by atoms with E-state index in [0.717, 1.165) is 35.7 Å². The summed E-state index contributed by atoms with van der Waals surface area (Å²) in [6, 6.07) is 14.0. The van der Waals surface area contributed by atoms with Crippen molar-refractivity contribution < 1.29 is 23.9 Å². The molecule has 1 fully saturated rings. The molecule has 3 rings (SSSR count). The number of carbonyl (C=O) groups excluding carboxylic acids is 3. The molecule has 0 radical (unpaired) electrons.